The molecule has 32 heavy (non-hydrogen) atoms. The van der Waals surface area contributed by atoms with Gasteiger partial charge >= 0.3 is 0 Å². The first kappa shape index (κ1) is 24.9. The lowest BCUT2D eigenvalue weighted by atomic mass is 10.2. The molecule has 0 saturated heterocycles. The molecule has 0 unspecified atom stereocenters. The van der Waals surface area contributed by atoms with E-state index in [0.717, 1.165) is 31.8 Å². The number of hydrogen-bond donors (Lipinski definition) is 0. The minimum atomic E-state index is -0.213. The van der Waals surface area contributed by atoms with Crippen molar-refractivity contribution in [2.75, 3.05) is 7.11 Å². The van der Waals surface area contributed by atoms with Crippen LogP contribution in [0.2, 0.25) is 0 Å². The van der Waals surface area contributed by atoms with Gasteiger partial charge in [0.1, 0.15) is 5.82 Å². The number of benzene rings is 2. The number of halogens is 3. The molecule has 0 N–H and O–H groups in total. The van der Waals surface area contributed by atoms with Gasteiger partial charge in [-0.25, -0.2) is 4.98 Å². The summed E-state index contributed by atoms with van der Waals surface area (Å²) in [6, 6.07) is 7.30. The van der Waals surface area contributed by atoms with E-state index in [1.54, 1.807) is 19.4 Å². The topological polar surface area (TPSA) is 65.7 Å². The van der Waals surface area contributed by atoms with Crippen molar-refractivity contribution >= 4 is 64.9 Å². The van der Waals surface area contributed by atoms with Crippen LogP contribution in [0.1, 0.15) is 45.0 Å². The highest BCUT2D eigenvalue weighted by Crippen LogP contribution is 2.43. The average molecular weight is 630 g/mol. The van der Waals surface area contributed by atoms with Gasteiger partial charge in [-0.05, 0) is 75.9 Å². The summed E-state index contributed by atoms with van der Waals surface area (Å²) in [4.78, 5) is 17.9. The SMILES string of the molecule is CCCc1nc2ccc(Br)cc2c(=O)n1N=Cc1cc(OC)c(O[C@H](C)CC)c(Br)c1Br. The van der Waals surface area contributed by atoms with Crippen LogP contribution in [0.25, 0.3) is 10.9 Å². The first-order chi connectivity index (χ1) is 15.3. The summed E-state index contributed by atoms with van der Waals surface area (Å²) in [7, 11) is 1.59. The molecule has 0 radical (unpaired) electrons. The predicted molar refractivity (Wildman–Crippen MR) is 139 cm³/mol. The second-order valence-corrected chi connectivity index (χ2v) is 9.76. The predicted octanol–water partition coefficient (Wildman–Crippen LogP) is 6.70. The van der Waals surface area contributed by atoms with Crippen molar-refractivity contribution in [1.29, 1.82) is 0 Å². The van der Waals surface area contributed by atoms with E-state index in [1.165, 1.54) is 4.68 Å². The molecule has 170 valence electrons. The van der Waals surface area contributed by atoms with Crippen LogP contribution in [0.15, 0.2) is 47.6 Å². The molecule has 0 fully saturated rings. The highest BCUT2D eigenvalue weighted by Gasteiger charge is 2.18. The van der Waals surface area contributed by atoms with Crippen molar-refractivity contribution in [1.82, 2.24) is 9.66 Å². The van der Waals surface area contributed by atoms with Crippen molar-refractivity contribution in [3.8, 4) is 11.5 Å². The number of aromatic nitrogens is 2. The summed E-state index contributed by atoms with van der Waals surface area (Å²) in [5.41, 5.74) is 1.18. The van der Waals surface area contributed by atoms with Crippen molar-refractivity contribution in [3.63, 3.8) is 0 Å². The normalized spacial score (nSPS) is 12.5. The fourth-order valence-electron chi connectivity index (χ4n) is 3.06. The molecule has 0 aliphatic heterocycles. The Bertz CT molecular complexity index is 1220. The molecule has 1 heterocycles. The van der Waals surface area contributed by atoms with E-state index >= 15 is 0 Å². The third-order valence-corrected chi connectivity index (χ3v) is 7.57. The monoisotopic (exact) mass is 627 g/mol. The second-order valence-electron chi connectivity index (χ2n) is 7.26. The summed E-state index contributed by atoms with van der Waals surface area (Å²) < 4.78 is 15.2. The summed E-state index contributed by atoms with van der Waals surface area (Å²) in [6.45, 7) is 6.10. The van der Waals surface area contributed by atoms with Gasteiger partial charge in [-0.3, -0.25) is 4.79 Å². The van der Waals surface area contributed by atoms with Crippen LogP contribution in [0.4, 0.5) is 0 Å². The number of nitrogens with zero attached hydrogens (tertiary/aromatic N) is 3. The van der Waals surface area contributed by atoms with Gasteiger partial charge in [0, 0.05) is 20.9 Å². The van der Waals surface area contributed by atoms with Crippen LogP contribution in [-0.2, 0) is 6.42 Å². The van der Waals surface area contributed by atoms with Gasteiger partial charge in [-0.15, -0.1) is 0 Å². The van der Waals surface area contributed by atoms with Crippen molar-refractivity contribution < 1.29 is 9.47 Å². The summed E-state index contributed by atoms with van der Waals surface area (Å²) >= 11 is 10.6. The molecule has 9 heteroatoms. The minimum absolute atomic E-state index is 0.0322. The Kier molecular flexibility index (Phi) is 8.52. The zero-order chi connectivity index (χ0) is 23.4. The van der Waals surface area contributed by atoms with Gasteiger partial charge in [0.25, 0.3) is 5.56 Å². The highest BCUT2D eigenvalue weighted by atomic mass is 79.9. The van der Waals surface area contributed by atoms with Crippen molar-refractivity contribution in [3.05, 3.63) is 59.4 Å². The zero-order valence-corrected chi connectivity index (χ0v) is 23.0. The maximum Gasteiger partial charge on any atom is 0.282 e. The first-order valence-electron chi connectivity index (χ1n) is 10.3. The highest BCUT2D eigenvalue weighted by molar-refractivity contribution is 9.13. The van der Waals surface area contributed by atoms with Crippen molar-refractivity contribution in [2.24, 2.45) is 5.10 Å². The van der Waals surface area contributed by atoms with Gasteiger partial charge in [0.15, 0.2) is 11.5 Å². The van der Waals surface area contributed by atoms with Gasteiger partial charge in [0.2, 0.25) is 0 Å². The van der Waals surface area contributed by atoms with E-state index in [0.29, 0.717) is 34.6 Å². The van der Waals surface area contributed by atoms with Crippen LogP contribution >= 0.6 is 47.8 Å². The summed E-state index contributed by atoms with van der Waals surface area (Å²) in [6.07, 6.45) is 3.99. The van der Waals surface area contributed by atoms with E-state index in [2.05, 4.69) is 64.8 Å². The zero-order valence-electron chi connectivity index (χ0n) is 18.3. The quantitative estimate of drug-likeness (QED) is 0.260. The Morgan fingerprint density at radius 1 is 1.19 bits per heavy atom. The van der Waals surface area contributed by atoms with Crippen LogP contribution in [-0.4, -0.2) is 29.1 Å². The van der Waals surface area contributed by atoms with Crippen LogP contribution < -0.4 is 15.0 Å². The molecule has 0 spiro atoms. The fraction of sp³-hybridized carbons (Fsp3) is 0.348. The molecule has 2 aromatic carbocycles. The largest absolute Gasteiger partial charge is 0.493 e. The Balaban J connectivity index is 2.12. The van der Waals surface area contributed by atoms with Gasteiger partial charge in [0.05, 0.1) is 34.8 Å². The molecule has 6 nitrogen and oxygen atoms in total. The number of methoxy groups -OCH3 is 1. The number of rotatable bonds is 8. The van der Waals surface area contributed by atoms with E-state index in [-0.39, 0.29) is 11.7 Å². The smallest absolute Gasteiger partial charge is 0.282 e. The summed E-state index contributed by atoms with van der Waals surface area (Å²) in [5.74, 6) is 1.80. The maximum absolute atomic E-state index is 13.2. The molecule has 0 saturated carbocycles. The molecular formula is C23H24Br3N3O3. The molecule has 0 aliphatic carbocycles. The summed E-state index contributed by atoms with van der Waals surface area (Å²) in [5, 5.41) is 5.02. The Morgan fingerprint density at radius 2 is 1.94 bits per heavy atom. The third-order valence-electron chi connectivity index (χ3n) is 4.93. The Morgan fingerprint density at radius 3 is 2.59 bits per heavy atom. The number of aryl methyl sites for hydroxylation is 1. The average Bonchev–Trinajstić information content (AvgIpc) is 2.78. The van der Waals surface area contributed by atoms with Gasteiger partial charge < -0.3 is 9.47 Å². The number of ether oxygens (including phenoxy) is 2. The lowest BCUT2D eigenvalue weighted by molar-refractivity contribution is 0.206. The number of hydrogen-bond acceptors (Lipinski definition) is 5. The van der Waals surface area contributed by atoms with Gasteiger partial charge in [-0.2, -0.15) is 9.78 Å². The van der Waals surface area contributed by atoms with Gasteiger partial charge in [-0.1, -0.05) is 29.8 Å². The Labute approximate surface area is 212 Å². The lowest BCUT2D eigenvalue weighted by Crippen LogP contribution is -2.22. The van der Waals surface area contributed by atoms with E-state index in [4.69, 9.17) is 9.47 Å². The molecule has 3 aromatic rings. The molecule has 1 aromatic heterocycles. The molecule has 1 atom stereocenters. The lowest BCUT2D eigenvalue weighted by Gasteiger charge is -2.18. The molecule has 0 aliphatic rings. The first-order valence-corrected chi connectivity index (χ1v) is 12.7. The fourth-order valence-corrected chi connectivity index (χ4v) is 4.34. The third kappa shape index (κ3) is 5.26. The van der Waals surface area contributed by atoms with Crippen LogP contribution in [0.3, 0.4) is 0 Å². The molecule has 3 rings (SSSR count). The van der Waals surface area contributed by atoms with Crippen LogP contribution in [0, 0.1) is 0 Å². The standard InChI is InChI=1S/C23H24Br3N3O3/c1-5-7-19-28-17-9-8-15(24)11-16(17)23(30)29(19)27-12-14-10-18(31-4)22(21(26)20(14)25)32-13(3)6-2/h8-13H,5-7H2,1-4H3/t13-/m1/s1. The molecule has 0 amide bonds. The van der Waals surface area contributed by atoms with E-state index in [1.807, 2.05) is 32.0 Å². The minimum Gasteiger partial charge on any atom is -0.493 e. The maximum atomic E-state index is 13.2. The van der Waals surface area contributed by atoms with Crippen molar-refractivity contribution in [2.45, 2.75) is 46.1 Å². The molecule has 0 bridgehead atoms. The number of fused-ring (bicyclic) bond motifs is 1. The van der Waals surface area contributed by atoms with Crippen LogP contribution in [0.5, 0.6) is 11.5 Å². The van der Waals surface area contributed by atoms with E-state index in [9.17, 15) is 4.79 Å². The van der Waals surface area contributed by atoms with E-state index < -0.39 is 0 Å². The molecular weight excluding hydrogens is 606 g/mol. The Hall–Kier alpha value is -1.71. The second kappa shape index (κ2) is 10.9.